The zero-order valence-electron chi connectivity index (χ0n) is 5.96. The fourth-order valence-corrected chi connectivity index (χ4v) is 1.10. The molecular weight excluding hydrogens is 145 g/mol. The third-order valence-electron chi connectivity index (χ3n) is 1.86. The molecule has 3 heteroatoms. The Labute approximate surface area is 64.0 Å². The van der Waals surface area contributed by atoms with Crippen molar-refractivity contribution in [2.75, 3.05) is 13.2 Å². The summed E-state index contributed by atoms with van der Waals surface area (Å²) in [6, 6.07) is 3.30. The van der Waals surface area contributed by atoms with Crippen molar-refractivity contribution in [3.05, 3.63) is 29.8 Å². The van der Waals surface area contributed by atoms with Crippen molar-refractivity contribution < 1.29 is 9.13 Å². The Balaban J connectivity index is 2.23. The van der Waals surface area contributed by atoms with Crippen LogP contribution in [0.3, 0.4) is 0 Å². The van der Waals surface area contributed by atoms with Gasteiger partial charge in [0.1, 0.15) is 0 Å². The molecule has 1 fully saturated rings. The quantitative estimate of drug-likeness (QED) is 0.568. The van der Waals surface area contributed by atoms with Gasteiger partial charge in [-0.05, 0) is 17.7 Å². The molecule has 0 bridgehead atoms. The molecule has 0 unspecified atom stereocenters. The topological polar surface area (TPSA) is 22.1 Å². The van der Waals surface area contributed by atoms with Crippen molar-refractivity contribution in [2.45, 2.75) is 5.92 Å². The van der Waals surface area contributed by atoms with Gasteiger partial charge in [-0.25, -0.2) is 4.98 Å². The van der Waals surface area contributed by atoms with E-state index in [4.69, 9.17) is 4.74 Å². The van der Waals surface area contributed by atoms with Gasteiger partial charge in [-0.3, -0.25) is 0 Å². The molecule has 1 aliphatic rings. The summed E-state index contributed by atoms with van der Waals surface area (Å²) < 4.78 is 17.5. The molecule has 0 atom stereocenters. The normalized spacial score (nSPS) is 17.9. The first-order chi connectivity index (χ1) is 5.36. The predicted molar refractivity (Wildman–Crippen MR) is 37.8 cm³/mol. The lowest BCUT2D eigenvalue weighted by Gasteiger charge is -2.25. The molecule has 1 aliphatic heterocycles. The van der Waals surface area contributed by atoms with Crippen LogP contribution < -0.4 is 0 Å². The van der Waals surface area contributed by atoms with E-state index in [1.807, 2.05) is 6.07 Å². The third-order valence-corrected chi connectivity index (χ3v) is 1.86. The van der Waals surface area contributed by atoms with Gasteiger partial charge in [-0.2, -0.15) is 4.39 Å². The van der Waals surface area contributed by atoms with E-state index in [9.17, 15) is 4.39 Å². The Bertz CT molecular complexity index is 260. The molecule has 0 amide bonds. The van der Waals surface area contributed by atoms with Crippen molar-refractivity contribution in [3.8, 4) is 0 Å². The van der Waals surface area contributed by atoms with Gasteiger partial charge < -0.3 is 4.74 Å². The maximum Gasteiger partial charge on any atom is 0.213 e. The van der Waals surface area contributed by atoms with Crippen LogP contribution in [0.25, 0.3) is 0 Å². The molecule has 2 rings (SSSR count). The molecule has 0 aliphatic carbocycles. The van der Waals surface area contributed by atoms with E-state index in [0.717, 1.165) is 5.56 Å². The summed E-state index contributed by atoms with van der Waals surface area (Å²) >= 11 is 0. The summed E-state index contributed by atoms with van der Waals surface area (Å²) in [6.45, 7) is 1.42. The van der Waals surface area contributed by atoms with E-state index < -0.39 is 5.95 Å². The Kier molecular flexibility index (Phi) is 1.58. The highest BCUT2D eigenvalue weighted by Gasteiger charge is 2.20. The maximum absolute atomic E-state index is 12.5. The van der Waals surface area contributed by atoms with Crippen molar-refractivity contribution in [1.82, 2.24) is 4.98 Å². The Hall–Kier alpha value is -0.960. The fourth-order valence-electron chi connectivity index (χ4n) is 1.10. The van der Waals surface area contributed by atoms with E-state index in [1.54, 1.807) is 0 Å². The summed E-state index contributed by atoms with van der Waals surface area (Å²) in [5, 5.41) is 0. The van der Waals surface area contributed by atoms with Gasteiger partial charge in [0.2, 0.25) is 5.95 Å². The number of hydrogen-bond acceptors (Lipinski definition) is 2. The monoisotopic (exact) mass is 153 g/mol. The summed E-state index contributed by atoms with van der Waals surface area (Å²) in [6.07, 6.45) is 1.49. The van der Waals surface area contributed by atoms with E-state index in [0.29, 0.717) is 19.1 Å². The first kappa shape index (κ1) is 6.73. The number of nitrogens with zero attached hydrogens (tertiary/aromatic N) is 1. The molecule has 11 heavy (non-hydrogen) atoms. The van der Waals surface area contributed by atoms with Crippen LogP contribution in [0.4, 0.5) is 4.39 Å². The molecule has 0 spiro atoms. The molecule has 0 aromatic carbocycles. The highest BCUT2D eigenvalue weighted by Crippen LogP contribution is 2.23. The van der Waals surface area contributed by atoms with Crippen LogP contribution in [0.5, 0.6) is 0 Å². The van der Waals surface area contributed by atoms with Gasteiger partial charge in [0.05, 0.1) is 13.2 Å². The highest BCUT2D eigenvalue weighted by molar-refractivity contribution is 5.18. The summed E-state index contributed by atoms with van der Waals surface area (Å²) in [4.78, 5) is 3.47. The number of ether oxygens (including phenoxy) is 1. The van der Waals surface area contributed by atoms with E-state index >= 15 is 0 Å². The minimum absolute atomic E-state index is 0.382. The molecule has 2 nitrogen and oxygen atoms in total. The van der Waals surface area contributed by atoms with Gasteiger partial charge in [0.25, 0.3) is 0 Å². The van der Waals surface area contributed by atoms with Gasteiger partial charge in [0.15, 0.2) is 0 Å². The number of halogens is 1. The molecule has 1 saturated heterocycles. The second-order valence-corrected chi connectivity index (χ2v) is 2.65. The average Bonchev–Trinajstić information content (AvgIpc) is 1.83. The Morgan fingerprint density at radius 2 is 2.36 bits per heavy atom. The molecular formula is C8H8FNO. The Morgan fingerprint density at radius 3 is 2.91 bits per heavy atom. The second kappa shape index (κ2) is 2.58. The lowest BCUT2D eigenvalue weighted by atomic mass is 9.99. The molecule has 0 saturated carbocycles. The van der Waals surface area contributed by atoms with Gasteiger partial charge in [-0.1, -0.05) is 0 Å². The van der Waals surface area contributed by atoms with Gasteiger partial charge in [0, 0.05) is 12.1 Å². The van der Waals surface area contributed by atoms with Crippen molar-refractivity contribution in [1.29, 1.82) is 0 Å². The summed E-state index contributed by atoms with van der Waals surface area (Å²) in [7, 11) is 0. The second-order valence-electron chi connectivity index (χ2n) is 2.65. The molecule has 0 radical (unpaired) electrons. The van der Waals surface area contributed by atoms with Gasteiger partial charge in [-0.15, -0.1) is 0 Å². The smallest absolute Gasteiger partial charge is 0.213 e. The SMILES string of the molecule is Fc1cc(C2COC2)ccn1. The van der Waals surface area contributed by atoms with Crippen LogP contribution >= 0.6 is 0 Å². The fraction of sp³-hybridized carbons (Fsp3) is 0.375. The summed E-state index contributed by atoms with van der Waals surface area (Å²) in [5.74, 6) is -0.0260. The van der Waals surface area contributed by atoms with E-state index in [2.05, 4.69) is 4.98 Å². The molecule has 2 heterocycles. The van der Waals surface area contributed by atoms with Crippen LogP contribution in [-0.4, -0.2) is 18.2 Å². The standard InChI is InChI=1S/C8H8FNO/c9-8-3-6(1-2-10-8)7-4-11-5-7/h1-3,7H,4-5H2. The predicted octanol–water partition coefficient (Wildman–Crippen LogP) is 1.33. The maximum atomic E-state index is 12.5. The van der Waals surface area contributed by atoms with Crippen molar-refractivity contribution >= 4 is 0 Å². The van der Waals surface area contributed by atoms with Crippen LogP contribution in [-0.2, 0) is 4.74 Å². The highest BCUT2D eigenvalue weighted by atomic mass is 19.1. The third kappa shape index (κ3) is 1.24. The average molecular weight is 153 g/mol. The lowest BCUT2D eigenvalue weighted by molar-refractivity contribution is 0.00827. The Morgan fingerprint density at radius 1 is 1.55 bits per heavy atom. The van der Waals surface area contributed by atoms with E-state index in [-0.39, 0.29) is 0 Å². The largest absolute Gasteiger partial charge is 0.380 e. The van der Waals surface area contributed by atoms with Crippen LogP contribution in [0.15, 0.2) is 18.3 Å². The van der Waals surface area contributed by atoms with Crippen LogP contribution in [0.1, 0.15) is 11.5 Å². The molecule has 58 valence electrons. The zero-order valence-corrected chi connectivity index (χ0v) is 5.96. The minimum atomic E-state index is -0.408. The van der Waals surface area contributed by atoms with E-state index in [1.165, 1.54) is 12.3 Å². The van der Waals surface area contributed by atoms with Crippen LogP contribution in [0, 0.1) is 5.95 Å². The first-order valence-corrected chi connectivity index (χ1v) is 3.55. The lowest BCUT2D eigenvalue weighted by Crippen LogP contribution is -2.25. The zero-order chi connectivity index (χ0) is 7.68. The number of pyridine rings is 1. The molecule has 1 aromatic heterocycles. The van der Waals surface area contributed by atoms with Crippen molar-refractivity contribution in [2.24, 2.45) is 0 Å². The number of aromatic nitrogens is 1. The first-order valence-electron chi connectivity index (χ1n) is 3.55. The summed E-state index contributed by atoms with van der Waals surface area (Å²) in [5.41, 5.74) is 0.990. The minimum Gasteiger partial charge on any atom is -0.380 e. The number of rotatable bonds is 1. The molecule has 1 aromatic rings. The van der Waals surface area contributed by atoms with Crippen LogP contribution in [0.2, 0.25) is 0 Å². The number of hydrogen-bond donors (Lipinski definition) is 0. The molecule has 0 N–H and O–H groups in total. The van der Waals surface area contributed by atoms with Crippen molar-refractivity contribution in [3.63, 3.8) is 0 Å². The van der Waals surface area contributed by atoms with Gasteiger partial charge >= 0.3 is 0 Å².